The monoisotopic (exact) mass is 201 g/mol. The molecule has 3 heteroatoms. The van der Waals surface area contributed by atoms with E-state index in [1.54, 1.807) is 18.2 Å². The van der Waals surface area contributed by atoms with Crippen LogP contribution in [0.1, 0.15) is 5.56 Å². The Morgan fingerprint density at radius 1 is 1.33 bits per heavy atom. The molecule has 1 aromatic carbocycles. The molecular weight excluding hydrogens is 193 g/mol. The van der Waals surface area contributed by atoms with E-state index in [1.807, 2.05) is 12.2 Å². The van der Waals surface area contributed by atoms with Crippen LogP contribution in [0.25, 0.3) is 6.08 Å². The quantitative estimate of drug-likeness (QED) is 0.783. The summed E-state index contributed by atoms with van der Waals surface area (Å²) < 4.78 is 0. The molecule has 1 aromatic rings. The van der Waals surface area contributed by atoms with E-state index in [4.69, 9.17) is 28.9 Å². The van der Waals surface area contributed by atoms with Crippen molar-refractivity contribution < 1.29 is 0 Å². The molecule has 0 aliphatic rings. The molecule has 0 radical (unpaired) electrons. The van der Waals surface area contributed by atoms with Crippen molar-refractivity contribution in [2.24, 2.45) is 5.73 Å². The summed E-state index contributed by atoms with van der Waals surface area (Å²) in [6.45, 7) is 0.503. The van der Waals surface area contributed by atoms with Crippen LogP contribution >= 0.6 is 23.2 Å². The predicted molar refractivity (Wildman–Crippen MR) is 54.6 cm³/mol. The Hall–Kier alpha value is -0.500. The summed E-state index contributed by atoms with van der Waals surface area (Å²) >= 11 is 11.7. The maximum absolute atomic E-state index is 5.88. The van der Waals surface area contributed by atoms with Crippen LogP contribution in [0.4, 0.5) is 0 Å². The van der Waals surface area contributed by atoms with E-state index in [9.17, 15) is 0 Å². The molecule has 0 fully saturated rings. The fourth-order valence-electron chi connectivity index (χ4n) is 0.837. The molecule has 0 spiro atoms. The van der Waals surface area contributed by atoms with Crippen LogP contribution < -0.4 is 5.73 Å². The van der Waals surface area contributed by atoms with Crippen molar-refractivity contribution in [2.45, 2.75) is 0 Å². The molecule has 0 heterocycles. The molecule has 0 amide bonds. The number of nitrogens with two attached hydrogens (primary N) is 1. The second kappa shape index (κ2) is 4.51. The topological polar surface area (TPSA) is 26.0 Å². The molecule has 64 valence electrons. The first kappa shape index (κ1) is 9.59. The van der Waals surface area contributed by atoms with Crippen LogP contribution in [0.2, 0.25) is 10.0 Å². The Labute approximate surface area is 81.8 Å². The van der Waals surface area contributed by atoms with Gasteiger partial charge in [0.15, 0.2) is 0 Å². The number of hydrogen-bond acceptors (Lipinski definition) is 1. The van der Waals surface area contributed by atoms with Gasteiger partial charge in [0, 0.05) is 16.6 Å². The van der Waals surface area contributed by atoms with E-state index >= 15 is 0 Å². The van der Waals surface area contributed by atoms with Gasteiger partial charge in [-0.05, 0) is 23.8 Å². The molecular formula is C9H9Cl2N. The molecule has 1 rings (SSSR count). The van der Waals surface area contributed by atoms with Crippen LogP contribution in [0.3, 0.4) is 0 Å². The number of rotatable bonds is 2. The maximum atomic E-state index is 5.88. The summed E-state index contributed by atoms with van der Waals surface area (Å²) in [6, 6.07) is 5.32. The first-order valence-corrected chi connectivity index (χ1v) is 4.31. The zero-order valence-corrected chi connectivity index (χ0v) is 7.94. The summed E-state index contributed by atoms with van der Waals surface area (Å²) in [5.74, 6) is 0. The van der Waals surface area contributed by atoms with Crippen molar-refractivity contribution in [3.63, 3.8) is 0 Å². The Bertz CT molecular complexity index is 295. The molecule has 0 bridgehead atoms. The van der Waals surface area contributed by atoms with Gasteiger partial charge in [0.1, 0.15) is 0 Å². The lowest BCUT2D eigenvalue weighted by Crippen LogP contribution is -1.91. The lowest BCUT2D eigenvalue weighted by atomic mass is 10.2. The smallest absolute Gasteiger partial charge is 0.0479 e. The van der Waals surface area contributed by atoms with Gasteiger partial charge < -0.3 is 5.73 Å². The largest absolute Gasteiger partial charge is 0.327 e. The summed E-state index contributed by atoms with van der Waals surface area (Å²) in [4.78, 5) is 0. The molecule has 0 aliphatic carbocycles. The van der Waals surface area contributed by atoms with E-state index in [2.05, 4.69) is 0 Å². The lowest BCUT2D eigenvalue weighted by molar-refractivity contribution is 1.26. The third-order valence-corrected chi connectivity index (χ3v) is 1.97. The molecule has 12 heavy (non-hydrogen) atoms. The van der Waals surface area contributed by atoms with E-state index < -0.39 is 0 Å². The highest BCUT2D eigenvalue weighted by molar-refractivity contribution is 6.34. The second-order valence-corrected chi connectivity index (χ2v) is 3.15. The number of halogens is 2. The molecule has 1 nitrogen and oxygen atoms in total. The Morgan fingerprint density at radius 3 is 2.75 bits per heavy atom. The fraction of sp³-hybridized carbons (Fsp3) is 0.111. The van der Waals surface area contributed by atoms with Crippen LogP contribution in [-0.4, -0.2) is 6.54 Å². The molecule has 0 saturated carbocycles. The van der Waals surface area contributed by atoms with Gasteiger partial charge in [0.05, 0.1) is 0 Å². The van der Waals surface area contributed by atoms with Crippen molar-refractivity contribution in [1.82, 2.24) is 0 Å². The van der Waals surface area contributed by atoms with E-state index in [1.165, 1.54) is 0 Å². The SMILES string of the molecule is NC/C=C/c1cc(Cl)ccc1Cl. The van der Waals surface area contributed by atoms with Crippen LogP contribution in [0.5, 0.6) is 0 Å². The highest BCUT2D eigenvalue weighted by atomic mass is 35.5. The highest BCUT2D eigenvalue weighted by Gasteiger charge is 1.95. The molecule has 0 aromatic heterocycles. The van der Waals surface area contributed by atoms with Gasteiger partial charge in [-0.15, -0.1) is 0 Å². The van der Waals surface area contributed by atoms with Crippen molar-refractivity contribution in [3.8, 4) is 0 Å². The molecule has 2 N–H and O–H groups in total. The summed E-state index contributed by atoms with van der Waals surface area (Å²) in [7, 11) is 0. The average molecular weight is 202 g/mol. The van der Waals surface area contributed by atoms with E-state index in [-0.39, 0.29) is 0 Å². The molecule has 0 unspecified atom stereocenters. The third-order valence-electron chi connectivity index (χ3n) is 1.39. The highest BCUT2D eigenvalue weighted by Crippen LogP contribution is 2.21. The van der Waals surface area contributed by atoms with Gasteiger partial charge in [-0.25, -0.2) is 0 Å². The van der Waals surface area contributed by atoms with E-state index in [0.717, 1.165) is 5.56 Å². The zero-order chi connectivity index (χ0) is 8.97. The normalized spacial score (nSPS) is 10.9. The van der Waals surface area contributed by atoms with Crippen molar-refractivity contribution in [3.05, 3.63) is 39.9 Å². The standard InChI is InChI=1S/C9H9Cl2N/c10-8-3-4-9(11)7(6-8)2-1-5-12/h1-4,6H,5,12H2/b2-1+. The van der Waals surface area contributed by atoms with Crippen molar-refractivity contribution in [1.29, 1.82) is 0 Å². The van der Waals surface area contributed by atoms with Crippen LogP contribution in [-0.2, 0) is 0 Å². The summed E-state index contributed by atoms with van der Waals surface area (Å²) in [5, 5.41) is 1.36. The minimum Gasteiger partial charge on any atom is -0.327 e. The van der Waals surface area contributed by atoms with Gasteiger partial charge in [-0.2, -0.15) is 0 Å². The summed E-state index contributed by atoms with van der Waals surface area (Å²) in [5.41, 5.74) is 6.20. The minimum absolute atomic E-state index is 0.503. The first-order chi connectivity index (χ1) is 5.74. The fourth-order valence-corrected chi connectivity index (χ4v) is 1.20. The van der Waals surface area contributed by atoms with Crippen molar-refractivity contribution in [2.75, 3.05) is 6.54 Å². The van der Waals surface area contributed by atoms with Crippen LogP contribution in [0.15, 0.2) is 24.3 Å². The van der Waals surface area contributed by atoms with Crippen LogP contribution in [0, 0.1) is 0 Å². The number of benzene rings is 1. The molecule has 0 saturated heterocycles. The third kappa shape index (κ3) is 2.52. The van der Waals surface area contributed by atoms with E-state index in [0.29, 0.717) is 16.6 Å². The van der Waals surface area contributed by atoms with Crippen molar-refractivity contribution >= 4 is 29.3 Å². The summed E-state index contributed by atoms with van der Waals surface area (Å²) in [6.07, 6.45) is 3.69. The van der Waals surface area contributed by atoms with Gasteiger partial charge >= 0.3 is 0 Å². The molecule has 0 atom stereocenters. The predicted octanol–water partition coefficient (Wildman–Crippen LogP) is 2.97. The van der Waals surface area contributed by atoms with Gasteiger partial charge in [0.2, 0.25) is 0 Å². The lowest BCUT2D eigenvalue weighted by Gasteiger charge is -1.97. The Kier molecular flexibility index (Phi) is 3.60. The van der Waals surface area contributed by atoms with Gasteiger partial charge in [0.25, 0.3) is 0 Å². The second-order valence-electron chi connectivity index (χ2n) is 2.30. The Balaban J connectivity index is 2.97. The zero-order valence-electron chi connectivity index (χ0n) is 6.43. The van der Waals surface area contributed by atoms with Gasteiger partial charge in [-0.1, -0.05) is 35.4 Å². The average Bonchev–Trinajstić information content (AvgIpc) is 2.07. The molecule has 0 aliphatic heterocycles. The maximum Gasteiger partial charge on any atom is 0.0479 e. The number of hydrogen-bond donors (Lipinski definition) is 1. The first-order valence-electron chi connectivity index (χ1n) is 3.55. The Morgan fingerprint density at radius 2 is 2.08 bits per heavy atom. The van der Waals surface area contributed by atoms with Gasteiger partial charge in [-0.3, -0.25) is 0 Å². The minimum atomic E-state index is 0.503.